The second kappa shape index (κ2) is 3.89. The summed E-state index contributed by atoms with van der Waals surface area (Å²) in [6.07, 6.45) is 0. The van der Waals surface area contributed by atoms with Gasteiger partial charge in [-0.15, -0.1) is 0 Å². The highest BCUT2D eigenvalue weighted by molar-refractivity contribution is 5.51. The summed E-state index contributed by atoms with van der Waals surface area (Å²) in [4.78, 5) is 11.9. The van der Waals surface area contributed by atoms with Gasteiger partial charge in [0, 0.05) is 30.3 Å². The highest BCUT2D eigenvalue weighted by Gasteiger charge is 2.08. The van der Waals surface area contributed by atoms with E-state index in [9.17, 15) is 10.1 Å². The van der Waals surface area contributed by atoms with Gasteiger partial charge in [0.2, 0.25) is 6.54 Å². The Hall–Kier alpha value is -1.58. The van der Waals surface area contributed by atoms with E-state index in [1.54, 1.807) is 6.07 Å². The summed E-state index contributed by atoms with van der Waals surface area (Å²) in [5, 5.41) is 10.3. The van der Waals surface area contributed by atoms with Crippen LogP contribution in [0.4, 0.5) is 5.69 Å². The average Bonchev–Trinajstić information content (AvgIpc) is 2.03. The van der Waals surface area contributed by atoms with Crippen molar-refractivity contribution in [3.8, 4) is 0 Å². The Morgan fingerprint density at radius 3 is 2.54 bits per heavy atom. The third-order valence-electron chi connectivity index (χ3n) is 1.77. The van der Waals surface area contributed by atoms with Crippen molar-refractivity contribution in [2.75, 3.05) is 19.0 Å². The van der Waals surface area contributed by atoms with Crippen LogP contribution >= 0.6 is 0 Å². The van der Waals surface area contributed by atoms with Crippen molar-refractivity contribution >= 4 is 5.69 Å². The molecule has 0 unspecified atom stereocenters. The first-order valence-electron chi connectivity index (χ1n) is 3.98. The molecule has 1 aromatic carbocycles. The van der Waals surface area contributed by atoms with Crippen molar-refractivity contribution in [3.05, 3.63) is 39.9 Å². The van der Waals surface area contributed by atoms with E-state index in [1.165, 1.54) is 0 Å². The molecule has 1 rings (SSSR count). The number of para-hydroxylation sites is 1. The van der Waals surface area contributed by atoms with E-state index in [-0.39, 0.29) is 11.5 Å². The Bertz CT molecular complexity index is 310. The van der Waals surface area contributed by atoms with Gasteiger partial charge in [-0.3, -0.25) is 10.1 Å². The SMILES string of the molecule is CN(C)c1ccccc1C[N+](=O)[O-]. The summed E-state index contributed by atoms with van der Waals surface area (Å²) < 4.78 is 0. The van der Waals surface area contributed by atoms with Gasteiger partial charge in [-0.1, -0.05) is 18.2 Å². The molecule has 0 spiro atoms. The summed E-state index contributed by atoms with van der Waals surface area (Å²) in [7, 11) is 3.75. The second-order valence-corrected chi connectivity index (χ2v) is 3.01. The molecule has 0 N–H and O–H groups in total. The number of nitrogens with zero attached hydrogens (tertiary/aromatic N) is 2. The van der Waals surface area contributed by atoms with Crippen LogP contribution in [0.25, 0.3) is 0 Å². The Morgan fingerprint density at radius 2 is 2.00 bits per heavy atom. The topological polar surface area (TPSA) is 46.4 Å². The van der Waals surface area contributed by atoms with E-state index in [0.717, 1.165) is 11.3 Å². The first-order valence-corrected chi connectivity index (χ1v) is 3.98. The predicted molar refractivity (Wildman–Crippen MR) is 51.5 cm³/mol. The van der Waals surface area contributed by atoms with E-state index in [2.05, 4.69) is 0 Å². The molecule has 0 aromatic heterocycles. The Morgan fingerprint density at radius 1 is 1.38 bits per heavy atom. The molecule has 0 saturated carbocycles. The highest BCUT2D eigenvalue weighted by Crippen LogP contribution is 2.18. The Labute approximate surface area is 76.9 Å². The van der Waals surface area contributed by atoms with Crippen molar-refractivity contribution in [2.24, 2.45) is 0 Å². The number of hydrogen-bond donors (Lipinski definition) is 0. The smallest absolute Gasteiger partial charge is 0.230 e. The fourth-order valence-electron chi connectivity index (χ4n) is 1.22. The zero-order chi connectivity index (χ0) is 9.84. The molecule has 4 nitrogen and oxygen atoms in total. The Balaban J connectivity index is 2.97. The zero-order valence-electron chi connectivity index (χ0n) is 7.73. The maximum Gasteiger partial charge on any atom is 0.230 e. The summed E-state index contributed by atoms with van der Waals surface area (Å²) in [5.74, 6) is 0. The molecule has 0 saturated heterocycles. The van der Waals surface area contributed by atoms with Gasteiger partial charge in [-0.2, -0.15) is 0 Å². The van der Waals surface area contributed by atoms with Gasteiger partial charge in [-0.25, -0.2) is 0 Å². The van der Waals surface area contributed by atoms with E-state index >= 15 is 0 Å². The predicted octanol–water partition coefficient (Wildman–Crippen LogP) is 1.53. The molecule has 70 valence electrons. The van der Waals surface area contributed by atoms with Gasteiger partial charge < -0.3 is 4.90 Å². The molecular weight excluding hydrogens is 168 g/mol. The monoisotopic (exact) mass is 180 g/mol. The van der Waals surface area contributed by atoms with Gasteiger partial charge in [0.25, 0.3) is 0 Å². The molecule has 4 heteroatoms. The largest absolute Gasteiger partial charge is 0.377 e. The number of anilines is 1. The number of nitro groups is 1. The van der Waals surface area contributed by atoms with E-state index in [1.807, 2.05) is 37.2 Å². The lowest BCUT2D eigenvalue weighted by atomic mass is 10.1. The number of hydrogen-bond acceptors (Lipinski definition) is 3. The Kier molecular flexibility index (Phi) is 2.84. The molecular formula is C9H12N2O2. The summed E-state index contributed by atoms with van der Waals surface area (Å²) in [6, 6.07) is 7.33. The van der Waals surface area contributed by atoms with E-state index < -0.39 is 0 Å². The van der Waals surface area contributed by atoms with Crippen molar-refractivity contribution in [1.29, 1.82) is 0 Å². The third-order valence-corrected chi connectivity index (χ3v) is 1.77. The van der Waals surface area contributed by atoms with Crippen LogP contribution in [0.3, 0.4) is 0 Å². The molecule has 0 radical (unpaired) electrons. The van der Waals surface area contributed by atoms with Crippen LogP contribution in [0.15, 0.2) is 24.3 Å². The maximum absolute atomic E-state index is 10.3. The van der Waals surface area contributed by atoms with E-state index in [0.29, 0.717) is 0 Å². The minimum atomic E-state index is -0.317. The second-order valence-electron chi connectivity index (χ2n) is 3.01. The van der Waals surface area contributed by atoms with Gasteiger partial charge in [0.05, 0.1) is 0 Å². The normalized spacial score (nSPS) is 9.69. The standard InChI is InChI=1S/C9H12N2O2/c1-10(2)9-6-4-3-5-8(9)7-11(12)13/h3-6H,7H2,1-2H3. The van der Waals surface area contributed by atoms with Gasteiger partial charge in [0.15, 0.2) is 0 Å². The molecule has 0 aliphatic heterocycles. The van der Waals surface area contributed by atoms with Crippen LogP contribution in [0, 0.1) is 10.1 Å². The van der Waals surface area contributed by atoms with Crippen LogP contribution in [-0.2, 0) is 6.54 Å². The molecule has 13 heavy (non-hydrogen) atoms. The number of benzene rings is 1. The highest BCUT2D eigenvalue weighted by atomic mass is 16.6. The van der Waals surface area contributed by atoms with Crippen LogP contribution in [0.1, 0.15) is 5.56 Å². The molecule has 0 heterocycles. The quantitative estimate of drug-likeness (QED) is 0.523. The lowest BCUT2D eigenvalue weighted by Gasteiger charge is -2.14. The van der Waals surface area contributed by atoms with Crippen molar-refractivity contribution in [2.45, 2.75) is 6.54 Å². The lowest BCUT2D eigenvalue weighted by Crippen LogP contribution is -2.12. The van der Waals surface area contributed by atoms with Crippen molar-refractivity contribution < 1.29 is 4.92 Å². The van der Waals surface area contributed by atoms with Crippen LogP contribution in [0.5, 0.6) is 0 Å². The lowest BCUT2D eigenvalue weighted by molar-refractivity contribution is -0.496. The zero-order valence-corrected chi connectivity index (χ0v) is 7.73. The average molecular weight is 180 g/mol. The van der Waals surface area contributed by atoms with Crippen LogP contribution in [0.2, 0.25) is 0 Å². The molecule has 1 aromatic rings. The minimum absolute atomic E-state index is 0.117. The summed E-state index contributed by atoms with van der Waals surface area (Å²) in [6.45, 7) is -0.117. The summed E-state index contributed by atoms with van der Waals surface area (Å²) in [5.41, 5.74) is 1.65. The van der Waals surface area contributed by atoms with E-state index in [4.69, 9.17) is 0 Å². The summed E-state index contributed by atoms with van der Waals surface area (Å²) >= 11 is 0. The molecule has 0 aliphatic carbocycles. The molecule has 0 atom stereocenters. The molecule has 0 bridgehead atoms. The van der Waals surface area contributed by atoms with Crippen molar-refractivity contribution in [1.82, 2.24) is 0 Å². The molecule has 0 fully saturated rings. The first kappa shape index (κ1) is 9.51. The van der Waals surface area contributed by atoms with Crippen LogP contribution in [-0.4, -0.2) is 19.0 Å². The van der Waals surface area contributed by atoms with Crippen molar-refractivity contribution in [3.63, 3.8) is 0 Å². The fraction of sp³-hybridized carbons (Fsp3) is 0.333. The fourth-order valence-corrected chi connectivity index (χ4v) is 1.22. The van der Waals surface area contributed by atoms with Crippen LogP contribution < -0.4 is 4.90 Å². The molecule has 0 aliphatic rings. The maximum atomic E-state index is 10.3. The van der Waals surface area contributed by atoms with Gasteiger partial charge in [0.1, 0.15) is 0 Å². The third kappa shape index (κ3) is 2.43. The number of rotatable bonds is 3. The van der Waals surface area contributed by atoms with Gasteiger partial charge in [-0.05, 0) is 6.07 Å². The minimum Gasteiger partial charge on any atom is -0.377 e. The first-order chi connectivity index (χ1) is 6.11. The molecule has 0 amide bonds. The van der Waals surface area contributed by atoms with Gasteiger partial charge >= 0.3 is 0 Å².